The Morgan fingerprint density at radius 3 is 2.72 bits per heavy atom. The number of aliphatic carboxylic acids is 1. The van der Waals surface area contributed by atoms with Gasteiger partial charge in [-0.05, 0) is 37.3 Å². The Labute approximate surface area is 107 Å². The lowest BCUT2D eigenvalue weighted by Gasteiger charge is -2.34. The number of carboxylic acids is 1. The molecule has 0 aromatic carbocycles. The zero-order chi connectivity index (χ0) is 12.5. The monoisotopic (exact) mass is 246 g/mol. The van der Waals surface area contributed by atoms with Crippen molar-refractivity contribution in [1.82, 2.24) is 4.98 Å². The lowest BCUT2D eigenvalue weighted by Crippen LogP contribution is -2.42. The molecule has 2 fully saturated rings. The molecule has 4 nitrogen and oxygen atoms in total. The first-order valence-electron chi connectivity index (χ1n) is 6.68. The Morgan fingerprint density at radius 1 is 1.28 bits per heavy atom. The first kappa shape index (κ1) is 11.5. The van der Waals surface area contributed by atoms with Gasteiger partial charge in [-0.1, -0.05) is 12.8 Å². The highest BCUT2D eigenvalue weighted by Gasteiger charge is 2.45. The second kappa shape index (κ2) is 4.59. The van der Waals surface area contributed by atoms with Crippen LogP contribution in [0.15, 0.2) is 24.5 Å². The van der Waals surface area contributed by atoms with Crippen molar-refractivity contribution in [2.75, 3.05) is 4.90 Å². The topological polar surface area (TPSA) is 53.4 Å². The van der Waals surface area contributed by atoms with E-state index in [1.807, 2.05) is 12.1 Å². The van der Waals surface area contributed by atoms with E-state index in [9.17, 15) is 9.90 Å². The van der Waals surface area contributed by atoms with E-state index in [1.54, 1.807) is 12.4 Å². The third-order valence-electron chi connectivity index (χ3n) is 4.33. The summed E-state index contributed by atoms with van der Waals surface area (Å²) in [5, 5.41) is 9.43. The first-order chi connectivity index (χ1) is 8.77. The summed E-state index contributed by atoms with van der Waals surface area (Å²) in [7, 11) is 0. The molecule has 1 aliphatic heterocycles. The molecule has 2 heterocycles. The number of aromatic nitrogens is 1. The maximum Gasteiger partial charge on any atom is 0.326 e. The molecule has 4 heteroatoms. The molecule has 1 N–H and O–H groups in total. The Balaban J connectivity index is 1.94. The molecule has 0 spiro atoms. The van der Waals surface area contributed by atoms with Crippen LogP contribution in [-0.4, -0.2) is 28.1 Å². The van der Waals surface area contributed by atoms with Crippen molar-refractivity contribution in [3.05, 3.63) is 24.5 Å². The van der Waals surface area contributed by atoms with E-state index in [0.29, 0.717) is 12.0 Å². The quantitative estimate of drug-likeness (QED) is 0.870. The lowest BCUT2D eigenvalue weighted by molar-refractivity contribution is -0.138. The summed E-state index contributed by atoms with van der Waals surface area (Å²) >= 11 is 0. The van der Waals surface area contributed by atoms with Gasteiger partial charge in [0.1, 0.15) is 6.04 Å². The first-order valence-corrected chi connectivity index (χ1v) is 6.68. The van der Waals surface area contributed by atoms with E-state index in [1.165, 1.54) is 19.3 Å². The molecule has 1 aromatic rings. The average Bonchev–Trinajstić information content (AvgIpc) is 2.79. The molecular formula is C14H18N2O2. The summed E-state index contributed by atoms with van der Waals surface area (Å²) in [4.78, 5) is 17.6. The molecule has 1 aliphatic carbocycles. The highest BCUT2D eigenvalue weighted by molar-refractivity contribution is 5.79. The number of hydrogen-bond donors (Lipinski definition) is 1. The molecular weight excluding hydrogens is 228 g/mol. The van der Waals surface area contributed by atoms with Crippen LogP contribution in [0.4, 0.5) is 5.69 Å². The van der Waals surface area contributed by atoms with Gasteiger partial charge in [-0.2, -0.15) is 0 Å². The predicted octanol–water partition coefficient (Wildman–Crippen LogP) is 2.30. The summed E-state index contributed by atoms with van der Waals surface area (Å²) in [6, 6.07) is 3.89. The normalized spacial score (nSPS) is 31.1. The lowest BCUT2D eigenvalue weighted by atomic mass is 9.84. The highest BCUT2D eigenvalue weighted by atomic mass is 16.4. The maximum atomic E-state index is 11.5. The van der Waals surface area contributed by atoms with Crippen LogP contribution < -0.4 is 4.90 Å². The van der Waals surface area contributed by atoms with E-state index in [-0.39, 0.29) is 6.04 Å². The minimum absolute atomic E-state index is 0.361. The molecule has 3 unspecified atom stereocenters. The van der Waals surface area contributed by atoms with Crippen molar-refractivity contribution in [3.8, 4) is 0 Å². The van der Waals surface area contributed by atoms with E-state index in [2.05, 4.69) is 9.88 Å². The predicted molar refractivity (Wildman–Crippen MR) is 68.5 cm³/mol. The molecule has 1 saturated heterocycles. The zero-order valence-electron chi connectivity index (χ0n) is 10.3. The van der Waals surface area contributed by atoms with Crippen LogP contribution in [0.3, 0.4) is 0 Å². The largest absolute Gasteiger partial charge is 0.480 e. The van der Waals surface area contributed by atoms with Crippen molar-refractivity contribution in [2.45, 2.75) is 44.2 Å². The van der Waals surface area contributed by atoms with Crippen LogP contribution in [-0.2, 0) is 4.79 Å². The summed E-state index contributed by atoms with van der Waals surface area (Å²) in [5.74, 6) is -0.144. The van der Waals surface area contributed by atoms with Crippen molar-refractivity contribution in [1.29, 1.82) is 0 Å². The van der Waals surface area contributed by atoms with E-state index in [4.69, 9.17) is 0 Å². The SMILES string of the molecule is O=C(O)C1CC2CCCCC2N1c1ccncc1. The smallest absolute Gasteiger partial charge is 0.326 e. The number of hydrogen-bond acceptors (Lipinski definition) is 3. The fourth-order valence-corrected chi connectivity index (χ4v) is 3.57. The van der Waals surface area contributed by atoms with Crippen LogP contribution in [0, 0.1) is 5.92 Å². The van der Waals surface area contributed by atoms with Gasteiger partial charge in [0.25, 0.3) is 0 Å². The van der Waals surface area contributed by atoms with E-state index < -0.39 is 5.97 Å². The van der Waals surface area contributed by atoms with E-state index in [0.717, 1.165) is 18.5 Å². The minimum atomic E-state index is -0.693. The van der Waals surface area contributed by atoms with Gasteiger partial charge in [-0.3, -0.25) is 4.98 Å². The van der Waals surface area contributed by atoms with Gasteiger partial charge in [0.2, 0.25) is 0 Å². The van der Waals surface area contributed by atoms with Crippen LogP contribution in [0.2, 0.25) is 0 Å². The van der Waals surface area contributed by atoms with Gasteiger partial charge in [-0.25, -0.2) is 4.79 Å². The van der Waals surface area contributed by atoms with Gasteiger partial charge in [-0.15, -0.1) is 0 Å². The minimum Gasteiger partial charge on any atom is -0.480 e. The zero-order valence-corrected chi connectivity index (χ0v) is 10.3. The molecule has 96 valence electrons. The van der Waals surface area contributed by atoms with Crippen molar-refractivity contribution < 1.29 is 9.90 Å². The maximum absolute atomic E-state index is 11.5. The van der Waals surface area contributed by atoms with Crippen LogP contribution >= 0.6 is 0 Å². The summed E-state index contributed by atoms with van der Waals surface area (Å²) in [6.45, 7) is 0. The standard InChI is InChI=1S/C14H18N2O2/c17-14(18)13-9-10-3-1-2-4-12(10)16(13)11-5-7-15-8-6-11/h5-8,10,12-13H,1-4,9H2,(H,17,18). The fourth-order valence-electron chi connectivity index (χ4n) is 3.57. The molecule has 1 aromatic heterocycles. The Kier molecular flexibility index (Phi) is 2.94. The summed E-state index contributed by atoms with van der Waals surface area (Å²) in [6.07, 6.45) is 9.04. The Morgan fingerprint density at radius 2 is 2.00 bits per heavy atom. The number of carboxylic acid groups (broad SMARTS) is 1. The second-order valence-corrected chi connectivity index (χ2v) is 5.31. The van der Waals surface area contributed by atoms with E-state index >= 15 is 0 Å². The molecule has 0 amide bonds. The van der Waals surface area contributed by atoms with Crippen molar-refractivity contribution in [2.24, 2.45) is 5.92 Å². The van der Waals surface area contributed by atoms with Crippen LogP contribution in [0.5, 0.6) is 0 Å². The number of fused-ring (bicyclic) bond motifs is 1. The van der Waals surface area contributed by atoms with Gasteiger partial charge in [0, 0.05) is 24.1 Å². The van der Waals surface area contributed by atoms with Crippen molar-refractivity contribution in [3.63, 3.8) is 0 Å². The van der Waals surface area contributed by atoms with Gasteiger partial charge in [0.05, 0.1) is 0 Å². The van der Waals surface area contributed by atoms with Gasteiger partial charge < -0.3 is 10.0 Å². The molecule has 0 radical (unpaired) electrons. The van der Waals surface area contributed by atoms with Crippen LogP contribution in [0.1, 0.15) is 32.1 Å². The van der Waals surface area contributed by atoms with Crippen LogP contribution in [0.25, 0.3) is 0 Å². The number of rotatable bonds is 2. The molecule has 1 saturated carbocycles. The average molecular weight is 246 g/mol. The number of carbonyl (C=O) groups is 1. The second-order valence-electron chi connectivity index (χ2n) is 5.31. The number of nitrogens with zero attached hydrogens (tertiary/aromatic N) is 2. The Hall–Kier alpha value is -1.58. The molecule has 2 aliphatic rings. The van der Waals surface area contributed by atoms with Crippen molar-refractivity contribution >= 4 is 11.7 Å². The van der Waals surface area contributed by atoms with Gasteiger partial charge >= 0.3 is 5.97 Å². The molecule has 18 heavy (non-hydrogen) atoms. The summed E-state index contributed by atoms with van der Waals surface area (Å²) in [5.41, 5.74) is 1.01. The molecule has 3 rings (SSSR count). The molecule has 3 atom stereocenters. The number of anilines is 1. The number of pyridine rings is 1. The summed E-state index contributed by atoms with van der Waals surface area (Å²) < 4.78 is 0. The van der Waals surface area contributed by atoms with Gasteiger partial charge in [0.15, 0.2) is 0 Å². The highest BCUT2D eigenvalue weighted by Crippen LogP contribution is 2.42. The third kappa shape index (κ3) is 1.85. The Bertz CT molecular complexity index is 435. The third-order valence-corrected chi connectivity index (χ3v) is 4.33. The fraction of sp³-hybridized carbons (Fsp3) is 0.571. The molecule has 0 bridgehead atoms.